The van der Waals surface area contributed by atoms with Gasteiger partial charge in [0.15, 0.2) is 4.90 Å². The lowest BCUT2D eigenvalue weighted by Crippen LogP contribution is -2.19. The van der Waals surface area contributed by atoms with Gasteiger partial charge in [0.2, 0.25) is 5.88 Å². The molecule has 0 aliphatic carbocycles. The number of nitrogens with one attached hydrogen (secondary N) is 2. The van der Waals surface area contributed by atoms with Crippen molar-refractivity contribution in [2.75, 3.05) is 36.1 Å². The number of benzene rings is 1. The molecule has 2 N–H and O–H groups in total. The Bertz CT molecular complexity index is 1240. The SMILES string of the molecule is COc1ncc(NC(=O)c2cncc(N(C)C)n2)cc1S(=O)(=O)Nc1c(C)cccc1C. The Labute approximate surface area is 186 Å². The number of carbonyl (C=O) groups excluding carboxylic acids is 1. The maximum atomic E-state index is 13.1. The molecule has 0 bridgehead atoms. The summed E-state index contributed by atoms with van der Waals surface area (Å²) in [5.41, 5.74) is 2.24. The summed E-state index contributed by atoms with van der Waals surface area (Å²) < 4.78 is 34.0. The van der Waals surface area contributed by atoms with Crippen LogP contribution >= 0.6 is 0 Å². The van der Waals surface area contributed by atoms with Gasteiger partial charge >= 0.3 is 0 Å². The van der Waals surface area contributed by atoms with Crippen LogP contribution in [0.5, 0.6) is 5.88 Å². The van der Waals surface area contributed by atoms with Crippen LogP contribution in [0, 0.1) is 13.8 Å². The van der Waals surface area contributed by atoms with Crippen LogP contribution in [0.2, 0.25) is 0 Å². The minimum absolute atomic E-state index is 0.0742. The number of pyridine rings is 1. The zero-order chi connectivity index (χ0) is 23.5. The number of aromatic nitrogens is 3. The number of anilines is 3. The van der Waals surface area contributed by atoms with E-state index in [4.69, 9.17) is 4.74 Å². The molecule has 0 aliphatic rings. The second-order valence-corrected chi connectivity index (χ2v) is 8.87. The predicted molar refractivity (Wildman–Crippen MR) is 122 cm³/mol. The van der Waals surface area contributed by atoms with E-state index in [0.29, 0.717) is 11.5 Å². The lowest BCUT2D eigenvalue weighted by molar-refractivity contribution is 0.102. The highest BCUT2D eigenvalue weighted by Gasteiger charge is 2.24. The normalized spacial score (nSPS) is 11.0. The number of methoxy groups -OCH3 is 1. The molecule has 0 fully saturated rings. The van der Waals surface area contributed by atoms with Crippen LogP contribution < -0.4 is 19.7 Å². The third kappa shape index (κ3) is 4.94. The van der Waals surface area contributed by atoms with Gasteiger partial charge in [0, 0.05) is 14.1 Å². The van der Waals surface area contributed by atoms with E-state index in [0.717, 1.165) is 11.1 Å². The first-order chi connectivity index (χ1) is 15.1. The number of amides is 1. The second kappa shape index (κ2) is 9.18. The number of hydrogen-bond acceptors (Lipinski definition) is 8. The zero-order valence-corrected chi connectivity index (χ0v) is 19.2. The van der Waals surface area contributed by atoms with Crippen molar-refractivity contribution in [3.63, 3.8) is 0 Å². The summed E-state index contributed by atoms with van der Waals surface area (Å²) in [5.74, 6) is -0.151. The van der Waals surface area contributed by atoms with Gasteiger partial charge in [-0.2, -0.15) is 0 Å². The van der Waals surface area contributed by atoms with Crippen LogP contribution in [-0.2, 0) is 10.0 Å². The topological polar surface area (TPSA) is 126 Å². The molecule has 11 heteroatoms. The highest BCUT2D eigenvalue weighted by Crippen LogP contribution is 2.29. The quantitative estimate of drug-likeness (QED) is 0.556. The molecule has 0 saturated heterocycles. The number of carbonyl (C=O) groups is 1. The van der Waals surface area contributed by atoms with Crippen LogP contribution in [0.15, 0.2) is 47.8 Å². The molecule has 3 aromatic rings. The van der Waals surface area contributed by atoms with Crippen molar-refractivity contribution in [2.24, 2.45) is 0 Å². The van der Waals surface area contributed by atoms with Crippen LogP contribution in [0.1, 0.15) is 21.6 Å². The Balaban J connectivity index is 1.93. The summed E-state index contributed by atoms with van der Waals surface area (Å²) >= 11 is 0. The van der Waals surface area contributed by atoms with Gasteiger partial charge in [-0.3, -0.25) is 14.5 Å². The minimum Gasteiger partial charge on any atom is -0.480 e. The third-order valence-corrected chi connectivity index (χ3v) is 5.93. The van der Waals surface area contributed by atoms with E-state index in [9.17, 15) is 13.2 Å². The van der Waals surface area contributed by atoms with E-state index in [2.05, 4.69) is 25.0 Å². The Kier molecular flexibility index (Phi) is 6.58. The predicted octanol–water partition coefficient (Wildman–Crippen LogP) is 2.62. The summed E-state index contributed by atoms with van der Waals surface area (Å²) in [5, 5.41) is 2.60. The first-order valence-electron chi connectivity index (χ1n) is 9.56. The molecule has 0 unspecified atom stereocenters. The third-order valence-electron chi connectivity index (χ3n) is 4.59. The number of ether oxygens (including phenoxy) is 1. The molecule has 1 amide bonds. The molecule has 0 atom stereocenters. The van der Waals surface area contributed by atoms with Crippen LogP contribution in [-0.4, -0.2) is 50.5 Å². The van der Waals surface area contributed by atoms with E-state index < -0.39 is 15.9 Å². The molecule has 0 saturated carbocycles. The summed E-state index contributed by atoms with van der Waals surface area (Å²) in [6.45, 7) is 3.61. The van der Waals surface area contributed by atoms with E-state index >= 15 is 0 Å². The molecule has 0 radical (unpaired) electrons. The number of hydrogen-bond donors (Lipinski definition) is 2. The lowest BCUT2D eigenvalue weighted by atomic mass is 10.1. The molecular formula is C21H24N6O4S. The van der Waals surface area contributed by atoms with Crippen molar-refractivity contribution in [1.29, 1.82) is 0 Å². The van der Waals surface area contributed by atoms with Gasteiger partial charge in [-0.05, 0) is 31.0 Å². The van der Waals surface area contributed by atoms with Gasteiger partial charge in [-0.15, -0.1) is 0 Å². The fraction of sp³-hybridized carbons (Fsp3) is 0.238. The standard InChI is InChI=1S/C21H24N6O4S/c1-13-7-6-8-14(2)19(13)26-32(29,30)17-9-15(10-23-21(17)31-5)24-20(28)16-11-22-12-18(25-16)27(3)4/h6-12,26H,1-5H3,(H,24,28). The van der Waals surface area contributed by atoms with Gasteiger partial charge in [0.25, 0.3) is 15.9 Å². The van der Waals surface area contributed by atoms with Gasteiger partial charge in [-0.1, -0.05) is 18.2 Å². The fourth-order valence-corrected chi connectivity index (χ4v) is 4.24. The maximum Gasteiger partial charge on any atom is 0.275 e. The Hall–Kier alpha value is -3.73. The molecule has 1 aromatic carbocycles. The van der Waals surface area contributed by atoms with Crippen LogP contribution in [0.4, 0.5) is 17.2 Å². The first kappa shape index (κ1) is 22.9. The number of rotatable bonds is 7. The Morgan fingerprint density at radius 1 is 1.09 bits per heavy atom. The van der Waals surface area contributed by atoms with Gasteiger partial charge in [0.05, 0.1) is 37.1 Å². The smallest absolute Gasteiger partial charge is 0.275 e. The maximum absolute atomic E-state index is 13.1. The lowest BCUT2D eigenvalue weighted by Gasteiger charge is -2.15. The molecule has 2 heterocycles. The molecule has 2 aromatic heterocycles. The van der Waals surface area contributed by atoms with Crippen molar-refractivity contribution < 1.29 is 17.9 Å². The second-order valence-electron chi connectivity index (χ2n) is 7.21. The average Bonchev–Trinajstić information content (AvgIpc) is 2.76. The van der Waals surface area contributed by atoms with E-state index in [1.807, 2.05) is 6.07 Å². The van der Waals surface area contributed by atoms with E-state index in [-0.39, 0.29) is 22.2 Å². The molecule has 10 nitrogen and oxygen atoms in total. The summed E-state index contributed by atoms with van der Waals surface area (Å²) in [7, 11) is 0.809. The highest BCUT2D eigenvalue weighted by molar-refractivity contribution is 7.92. The molecule has 32 heavy (non-hydrogen) atoms. The van der Waals surface area contributed by atoms with Crippen LogP contribution in [0.3, 0.4) is 0 Å². The Morgan fingerprint density at radius 3 is 2.41 bits per heavy atom. The van der Waals surface area contributed by atoms with Gasteiger partial charge in [0.1, 0.15) is 11.5 Å². The molecule has 168 valence electrons. The highest BCUT2D eigenvalue weighted by atomic mass is 32.2. The monoisotopic (exact) mass is 456 g/mol. The van der Waals surface area contributed by atoms with Gasteiger partial charge in [-0.25, -0.2) is 18.4 Å². The number of sulfonamides is 1. The van der Waals surface area contributed by atoms with Crippen molar-refractivity contribution in [1.82, 2.24) is 15.0 Å². The van der Waals surface area contributed by atoms with E-state index in [1.54, 1.807) is 45.0 Å². The molecule has 0 spiro atoms. The number of nitrogens with zero attached hydrogens (tertiary/aromatic N) is 4. The fourth-order valence-electron chi connectivity index (χ4n) is 2.89. The van der Waals surface area contributed by atoms with Crippen molar-refractivity contribution in [3.8, 4) is 5.88 Å². The minimum atomic E-state index is -4.07. The summed E-state index contributed by atoms with van der Waals surface area (Å²) in [6, 6.07) is 6.73. The first-order valence-corrected chi connectivity index (χ1v) is 11.0. The van der Waals surface area contributed by atoms with Gasteiger partial charge < -0.3 is 15.0 Å². The van der Waals surface area contributed by atoms with Crippen molar-refractivity contribution >= 4 is 33.1 Å². The zero-order valence-electron chi connectivity index (χ0n) is 18.4. The van der Waals surface area contributed by atoms with E-state index in [1.165, 1.54) is 31.8 Å². The summed E-state index contributed by atoms with van der Waals surface area (Å²) in [6.07, 6.45) is 4.15. The number of aryl methyl sites for hydroxylation is 2. The van der Waals surface area contributed by atoms with Crippen molar-refractivity contribution in [3.05, 3.63) is 59.7 Å². The van der Waals surface area contributed by atoms with Crippen molar-refractivity contribution in [2.45, 2.75) is 18.7 Å². The largest absolute Gasteiger partial charge is 0.480 e. The molecule has 0 aliphatic heterocycles. The number of para-hydroxylation sites is 1. The van der Waals surface area contributed by atoms with Crippen LogP contribution in [0.25, 0.3) is 0 Å². The summed E-state index contributed by atoms with van der Waals surface area (Å²) in [4.78, 5) is 26.4. The molecule has 3 rings (SSSR count). The average molecular weight is 457 g/mol. The molecular weight excluding hydrogens is 432 g/mol. The Morgan fingerprint density at radius 2 is 1.78 bits per heavy atom.